The molecule has 0 spiro atoms. The molecular formula is C18H25NS. The molecule has 0 saturated heterocycles. The van der Waals surface area contributed by atoms with Gasteiger partial charge in [-0.1, -0.05) is 12.5 Å². The van der Waals surface area contributed by atoms with Crippen molar-refractivity contribution in [3.63, 3.8) is 0 Å². The van der Waals surface area contributed by atoms with Gasteiger partial charge in [0.2, 0.25) is 0 Å². The monoisotopic (exact) mass is 287 g/mol. The first-order valence-corrected chi connectivity index (χ1v) is 8.79. The van der Waals surface area contributed by atoms with Crippen LogP contribution in [0.1, 0.15) is 49.7 Å². The molecule has 4 unspecified atom stereocenters. The average Bonchev–Trinajstić information content (AvgIpc) is 3.00. The fraction of sp³-hybridized carbons (Fsp3) is 0.667. The Morgan fingerprint density at radius 1 is 0.950 bits per heavy atom. The molecule has 1 aromatic carbocycles. The van der Waals surface area contributed by atoms with E-state index in [1.807, 2.05) is 0 Å². The second-order valence-corrected chi connectivity index (χ2v) is 7.69. The third-order valence-corrected chi connectivity index (χ3v) is 6.18. The van der Waals surface area contributed by atoms with Crippen molar-refractivity contribution in [1.82, 2.24) is 5.32 Å². The van der Waals surface area contributed by atoms with Crippen molar-refractivity contribution in [3.8, 4) is 0 Å². The van der Waals surface area contributed by atoms with Gasteiger partial charge in [-0.15, -0.1) is 12.6 Å². The highest BCUT2D eigenvalue weighted by Gasteiger charge is 2.40. The van der Waals surface area contributed by atoms with Gasteiger partial charge in [-0.2, -0.15) is 0 Å². The number of aryl methyl sites for hydroxylation is 2. The summed E-state index contributed by atoms with van der Waals surface area (Å²) >= 11 is 4.48. The average molecular weight is 287 g/mol. The fourth-order valence-corrected chi connectivity index (χ4v) is 5.04. The molecule has 2 bridgehead atoms. The maximum Gasteiger partial charge on any atom is 0.0101 e. The summed E-state index contributed by atoms with van der Waals surface area (Å²) in [5.74, 6) is 2.04. The largest absolute Gasteiger partial charge is 0.311 e. The van der Waals surface area contributed by atoms with E-state index in [2.05, 4.69) is 36.1 Å². The van der Waals surface area contributed by atoms with Crippen LogP contribution in [0.5, 0.6) is 0 Å². The molecule has 20 heavy (non-hydrogen) atoms. The van der Waals surface area contributed by atoms with Crippen molar-refractivity contribution in [3.05, 3.63) is 29.3 Å². The fourth-order valence-electron chi connectivity index (χ4n) is 4.81. The number of hydrogen-bond acceptors (Lipinski definition) is 2. The van der Waals surface area contributed by atoms with Crippen LogP contribution in [0.25, 0.3) is 0 Å². The van der Waals surface area contributed by atoms with Crippen LogP contribution < -0.4 is 5.32 Å². The van der Waals surface area contributed by atoms with Gasteiger partial charge in [0.25, 0.3) is 0 Å². The van der Waals surface area contributed by atoms with E-state index in [4.69, 9.17) is 0 Å². The van der Waals surface area contributed by atoms with E-state index < -0.39 is 0 Å². The standard InChI is InChI=1S/C18H25NS/c20-17-8-5-13-3-6-16(7-4-14(13)11-17)19-18-10-12-1-2-15(18)9-12/h5,8,11-12,15-16,18-20H,1-4,6-7,9-10H2. The summed E-state index contributed by atoms with van der Waals surface area (Å²) in [4.78, 5) is 1.11. The first-order chi connectivity index (χ1) is 9.78. The number of benzene rings is 1. The zero-order valence-electron chi connectivity index (χ0n) is 12.1. The lowest BCUT2D eigenvalue weighted by molar-refractivity contribution is 0.304. The van der Waals surface area contributed by atoms with Gasteiger partial charge in [0.05, 0.1) is 0 Å². The number of fused-ring (bicyclic) bond motifs is 3. The summed E-state index contributed by atoms with van der Waals surface area (Å²) in [5.41, 5.74) is 3.09. The lowest BCUT2D eigenvalue weighted by Gasteiger charge is -2.28. The van der Waals surface area contributed by atoms with Crippen LogP contribution in [-0.4, -0.2) is 12.1 Å². The molecule has 2 fully saturated rings. The highest BCUT2D eigenvalue weighted by Crippen LogP contribution is 2.44. The maximum atomic E-state index is 4.48. The molecule has 2 heteroatoms. The van der Waals surface area contributed by atoms with E-state index in [1.165, 1.54) is 56.9 Å². The van der Waals surface area contributed by atoms with Gasteiger partial charge in [0.1, 0.15) is 0 Å². The molecule has 3 aliphatic carbocycles. The van der Waals surface area contributed by atoms with Crippen molar-refractivity contribution in [1.29, 1.82) is 0 Å². The molecule has 0 aromatic heterocycles. The van der Waals surface area contributed by atoms with Crippen molar-refractivity contribution in [2.45, 2.75) is 68.3 Å². The highest BCUT2D eigenvalue weighted by molar-refractivity contribution is 7.80. The zero-order chi connectivity index (χ0) is 13.5. The molecule has 4 rings (SSSR count). The van der Waals surface area contributed by atoms with Gasteiger partial charge >= 0.3 is 0 Å². The van der Waals surface area contributed by atoms with E-state index in [9.17, 15) is 0 Å². The Labute approximate surface area is 127 Å². The van der Waals surface area contributed by atoms with Crippen molar-refractivity contribution < 1.29 is 0 Å². The van der Waals surface area contributed by atoms with Crippen LogP contribution in [0.3, 0.4) is 0 Å². The first kappa shape index (κ1) is 13.2. The van der Waals surface area contributed by atoms with E-state index in [1.54, 1.807) is 5.56 Å². The summed E-state index contributed by atoms with van der Waals surface area (Å²) in [6.07, 6.45) is 11.0. The van der Waals surface area contributed by atoms with E-state index >= 15 is 0 Å². The van der Waals surface area contributed by atoms with Gasteiger partial charge in [-0.05, 0) is 80.0 Å². The Hall–Kier alpha value is -0.470. The summed E-state index contributed by atoms with van der Waals surface area (Å²) < 4.78 is 0. The molecule has 0 radical (unpaired) electrons. The Balaban J connectivity index is 1.40. The van der Waals surface area contributed by atoms with Crippen LogP contribution in [0.15, 0.2) is 23.1 Å². The van der Waals surface area contributed by atoms with Crippen LogP contribution >= 0.6 is 12.6 Å². The molecule has 4 atom stereocenters. The molecule has 0 aliphatic heterocycles. The van der Waals surface area contributed by atoms with E-state index in [-0.39, 0.29) is 0 Å². The molecule has 1 aromatic rings. The van der Waals surface area contributed by atoms with Crippen LogP contribution in [0.4, 0.5) is 0 Å². The zero-order valence-corrected chi connectivity index (χ0v) is 13.0. The van der Waals surface area contributed by atoms with Gasteiger partial charge in [-0.3, -0.25) is 0 Å². The SMILES string of the molecule is Sc1ccc2c(c1)CCC(NC1CC3CCC1C3)CC2. The Kier molecular flexibility index (Phi) is 3.55. The molecule has 108 valence electrons. The van der Waals surface area contributed by atoms with E-state index in [0.717, 1.165) is 28.8 Å². The van der Waals surface area contributed by atoms with Gasteiger partial charge in [-0.25, -0.2) is 0 Å². The summed E-state index contributed by atoms with van der Waals surface area (Å²) in [6.45, 7) is 0. The predicted molar refractivity (Wildman–Crippen MR) is 86.5 cm³/mol. The molecule has 3 aliphatic rings. The number of hydrogen-bond donors (Lipinski definition) is 2. The number of thiol groups is 1. The van der Waals surface area contributed by atoms with Crippen molar-refractivity contribution in [2.75, 3.05) is 0 Å². The maximum absolute atomic E-state index is 4.48. The third kappa shape index (κ3) is 2.53. The van der Waals surface area contributed by atoms with Crippen molar-refractivity contribution in [2.24, 2.45) is 11.8 Å². The van der Waals surface area contributed by atoms with E-state index in [0.29, 0.717) is 0 Å². The van der Waals surface area contributed by atoms with Crippen LogP contribution in [0, 0.1) is 11.8 Å². The normalized spacial score (nSPS) is 35.9. The summed E-state index contributed by atoms with van der Waals surface area (Å²) in [5, 5.41) is 4.02. The molecule has 1 nitrogen and oxygen atoms in total. The Morgan fingerprint density at radius 2 is 1.80 bits per heavy atom. The smallest absolute Gasteiger partial charge is 0.0101 e. The van der Waals surface area contributed by atoms with Crippen LogP contribution in [-0.2, 0) is 12.8 Å². The van der Waals surface area contributed by atoms with Gasteiger partial charge < -0.3 is 5.32 Å². The first-order valence-electron chi connectivity index (χ1n) is 8.35. The van der Waals surface area contributed by atoms with Crippen LogP contribution in [0.2, 0.25) is 0 Å². The molecule has 0 heterocycles. The van der Waals surface area contributed by atoms with Gasteiger partial charge in [0, 0.05) is 17.0 Å². The molecule has 0 amide bonds. The minimum absolute atomic E-state index is 0.732. The molecule has 1 N–H and O–H groups in total. The highest BCUT2D eigenvalue weighted by atomic mass is 32.1. The quantitative estimate of drug-likeness (QED) is 0.619. The second kappa shape index (κ2) is 5.38. The molecule has 2 saturated carbocycles. The lowest BCUT2D eigenvalue weighted by atomic mass is 9.94. The number of rotatable bonds is 2. The number of nitrogens with one attached hydrogen (secondary N) is 1. The Morgan fingerprint density at radius 3 is 2.55 bits per heavy atom. The third-order valence-electron chi connectivity index (χ3n) is 5.90. The summed E-state index contributed by atoms with van der Waals surface area (Å²) in [6, 6.07) is 8.28. The second-order valence-electron chi connectivity index (χ2n) is 7.18. The predicted octanol–water partition coefficient (Wildman–Crippen LogP) is 4.00. The topological polar surface area (TPSA) is 12.0 Å². The minimum atomic E-state index is 0.732. The molecular weight excluding hydrogens is 262 g/mol. The Bertz CT molecular complexity index is 498. The van der Waals surface area contributed by atoms with Gasteiger partial charge in [0.15, 0.2) is 0 Å². The lowest BCUT2D eigenvalue weighted by Crippen LogP contribution is -2.41. The summed E-state index contributed by atoms with van der Waals surface area (Å²) in [7, 11) is 0. The van der Waals surface area contributed by atoms with Crippen molar-refractivity contribution >= 4 is 12.6 Å². The minimum Gasteiger partial charge on any atom is -0.311 e.